The molecular weight excluding hydrogens is 191 g/mol. The van der Waals surface area contributed by atoms with Crippen LogP contribution in [0, 0.1) is 5.82 Å². The fraction of sp³-hybridized carbons (Fsp3) is 0.400. The van der Waals surface area contributed by atoms with E-state index in [1.807, 2.05) is 13.8 Å². The van der Waals surface area contributed by atoms with Gasteiger partial charge in [-0.05, 0) is 23.6 Å². The standard InChI is InChI=1S/C10H12ClFO/c1-6(2)10-7(5-13)9(12)4-3-8(10)11/h3-4,6,13H,5H2,1-2H3. The molecule has 1 nitrogen and oxygen atoms in total. The summed E-state index contributed by atoms with van der Waals surface area (Å²) in [5, 5.41) is 9.49. The van der Waals surface area contributed by atoms with Crippen LogP contribution in [0.3, 0.4) is 0 Å². The zero-order valence-corrected chi connectivity index (χ0v) is 8.40. The van der Waals surface area contributed by atoms with Crippen molar-refractivity contribution >= 4 is 11.6 Å². The van der Waals surface area contributed by atoms with Crippen LogP contribution >= 0.6 is 11.6 Å². The van der Waals surface area contributed by atoms with E-state index in [2.05, 4.69) is 0 Å². The number of benzene rings is 1. The van der Waals surface area contributed by atoms with Crippen molar-refractivity contribution in [3.8, 4) is 0 Å². The summed E-state index contributed by atoms with van der Waals surface area (Å²) in [4.78, 5) is 0. The Morgan fingerprint density at radius 1 is 1.46 bits per heavy atom. The van der Waals surface area contributed by atoms with Crippen LogP contribution in [-0.4, -0.2) is 5.11 Å². The van der Waals surface area contributed by atoms with E-state index in [1.54, 1.807) is 0 Å². The minimum atomic E-state index is -0.393. The molecule has 0 saturated heterocycles. The van der Waals surface area contributed by atoms with E-state index in [0.717, 1.165) is 0 Å². The molecule has 1 aromatic carbocycles. The highest BCUT2D eigenvalue weighted by Gasteiger charge is 2.14. The molecule has 1 N–H and O–H groups in total. The summed E-state index contributed by atoms with van der Waals surface area (Å²) in [5.74, 6) is -0.277. The van der Waals surface area contributed by atoms with Gasteiger partial charge in [0.05, 0.1) is 6.61 Å². The predicted molar refractivity (Wildman–Crippen MR) is 51.4 cm³/mol. The van der Waals surface area contributed by atoms with Crippen LogP contribution in [0.1, 0.15) is 30.9 Å². The second-order valence-corrected chi connectivity index (χ2v) is 3.64. The molecule has 0 bridgehead atoms. The van der Waals surface area contributed by atoms with Crippen molar-refractivity contribution in [1.29, 1.82) is 0 Å². The second kappa shape index (κ2) is 4.07. The smallest absolute Gasteiger partial charge is 0.129 e. The lowest BCUT2D eigenvalue weighted by atomic mass is 9.97. The van der Waals surface area contributed by atoms with Crippen molar-refractivity contribution in [2.75, 3.05) is 0 Å². The van der Waals surface area contributed by atoms with Crippen molar-refractivity contribution in [3.63, 3.8) is 0 Å². The first kappa shape index (κ1) is 10.5. The van der Waals surface area contributed by atoms with Crippen LogP contribution in [0.4, 0.5) is 4.39 Å². The summed E-state index contributed by atoms with van der Waals surface area (Å²) < 4.78 is 13.2. The van der Waals surface area contributed by atoms with Crippen LogP contribution in [0.15, 0.2) is 12.1 Å². The van der Waals surface area contributed by atoms with Gasteiger partial charge in [0, 0.05) is 10.6 Å². The zero-order chi connectivity index (χ0) is 10.0. The van der Waals surface area contributed by atoms with Gasteiger partial charge in [-0.2, -0.15) is 0 Å². The summed E-state index contributed by atoms with van der Waals surface area (Å²) in [7, 11) is 0. The summed E-state index contributed by atoms with van der Waals surface area (Å²) in [6.45, 7) is 3.53. The van der Waals surface area contributed by atoms with Crippen molar-refractivity contribution < 1.29 is 9.50 Å². The molecule has 13 heavy (non-hydrogen) atoms. The third-order valence-corrected chi connectivity index (χ3v) is 2.31. The van der Waals surface area contributed by atoms with Crippen LogP contribution in [-0.2, 0) is 6.61 Å². The number of rotatable bonds is 2. The number of aliphatic hydroxyl groups excluding tert-OH is 1. The number of hydrogen-bond acceptors (Lipinski definition) is 1. The van der Waals surface area contributed by atoms with Crippen molar-refractivity contribution in [1.82, 2.24) is 0 Å². The fourth-order valence-electron chi connectivity index (χ4n) is 1.39. The lowest BCUT2D eigenvalue weighted by Crippen LogP contribution is -2.00. The highest BCUT2D eigenvalue weighted by Crippen LogP contribution is 2.29. The van der Waals surface area contributed by atoms with Gasteiger partial charge in [-0.1, -0.05) is 25.4 Å². The number of aliphatic hydroxyl groups is 1. The highest BCUT2D eigenvalue weighted by atomic mass is 35.5. The van der Waals surface area contributed by atoms with Gasteiger partial charge >= 0.3 is 0 Å². The van der Waals surface area contributed by atoms with E-state index >= 15 is 0 Å². The molecule has 72 valence electrons. The van der Waals surface area contributed by atoms with E-state index in [0.29, 0.717) is 16.1 Å². The third-order valence-electron chi connectivity index (χ3n) is 1.98. The van der Waals surface area contributed by atoms with Crippen molar-refractivity contribution in [2.24, 2.45) is 0 Å². The van der Waals surface area contributed by atoms with Gasteiger partial charge in [0.2, 0.25) is 0 Å². The number of halogens is 2. The first-order valence-corrected chi connectivity index (χ1v) is 4.53. The van der Waals surface area contributed by atoms with Crippen LogP contribution in [0.25, 0.3) is 0 Å². The van der Waals surface area contributed by atoms with Crippen LogP contribution in [0.2, 0.25) is 5.02 Å². The normalized spacial score (nSPS) is 10.9. The average molecular weight is 203 g/mol. The fourth-order valence-corrected chi connectivity index (χ4v) is 1.79. The van der Waals surface area contributed by atoms with Gasteiger partial charge in [0.15, 0.2) is 0 Å². The predicted octanol–water partition coefficient (Wildman–Crippen LogP) is 3.09. The van der Waals surface area contributed by atoms with Crippen molar-refractivity contribution in [3.05, 3.63) is 34.1 Å². The Morgan fingerprint density at radius 2 is 2.08 bits per heavy atom. The van der Waals surface area contributed by atoms with Crippen LogP contribution < -0.4 is 0 Å². The Balaban J connectivity index is 3.35. The van der Waals surface area contributed by atoms with Crippen LogP contribution in [0.5, 0.6) is 0 Å². The first-order chi connectivity index (χ1) is 6.07. The molecule has 0 unspecified atom stereocenters. The molecule has 0 aliphatic heterocycles. The Kier molecular flexibility index (Phi) is 3.28. The second-order valence-electron chi connectivity index (χ2n) is 3.23. The third kappa shape index (κ3) is 2.01. The SMILES string of the molecule is CC(C)c1c(Cl)ccc(F)c1CO. The van der Waals surface area contributed by atoms with Gasteiger partial charge in [-0.15, -0.1) is 0 Å². The largest absolute Gasteiger partial charge is 0.392 e. The molecule has 0 saturated carbocycles. The molecule has 0 aromatic heterocycles. The topological polar surface area (TPSA) is 20.2 Å². The maximum atomic E-state index is 13.2. The Labute approximate surface area is 82.2 Å². The van der Waals surface area contributed by atoms with E-state index in [4.69, 9.17) is 16.7 Å². The number of hydrogen-bond donors (Lipinski definition) is 1. The molecule has 1 rings (SSSR count). The molecular formula is C10H12ClFO. The van der Waals surface area contributed by atoms with E-state index in [9.17, 15) is 4.39 Å². The minimum absolute atomic E-state index is 0.116. The molecule has 3 heteroatoms. The minimum Gasteiger partial charge on any atom is -0.392 e. The van der Waals surface area contributed by atoms with Gasteiger partial charge < -0.3 is 5.11 Å². The van der Waals surface area contributed by atoms with Gasteiger partial charge in [-0.3, -0.25) is 0 Å². The molecule has 0 atom stereocenters. The molecule has 0 fully saturated rings. The van der Waals surface area contributed by atoms with Crippen molar-refractivity contribution in [2.45, 2.75) is 26.4 Å². The highest BCUT2D eigenvalue weighted by molar-refractivity contribution is 6.31. The monoisotopic (exact) mass is 202 g/mol. The lowest BCUT2D eigenvalue weighted by Gasteiger charge is -2.13. The molecule has 0 aliphatic rings. The first-order valence-electron chi connectivity index (χ1n) is 4.15. The summed E-state index contributed by atoms with van der Waals surface area (Å²) in [5.41, 5.74) is 1.01. The maximum Gasteiger partial charge on any atom is 0.129 e. The summed E-state index contributed by atoms with van der Waals surface area (Å²) in [6, 6.07) is 2.80. The summed E-state index contributed by atoms with van der Waals surface area (Å²) in [6.07, 6.45) is 0. The average Bonchev–Trinajstić information content (AvgIpc) is 2.07. The molecule has 0 aliphatic carbocycles. The summed E-state index contributed by atoms with van der Waals surface area (Å²) >= 11 is 5.90. The van der Waals surface area contributed by atoms with E-state index < -0.39 is 5.82 Å². The molecule has 0 radical (unpaired) electrons. The van der Waals surface area contributed by atoms with E-state index in [1.165, 1.54) is 12.1 Å². The van der Waals surface area contributed by atoms with Gasteiger partial charge in [-0.25, -0.2) is 4.39 Å². The molecule has 0 spiro atoms. The molecule has 1 aromatic rings. The van der Waals surface area contributed by atoms with E-state index in [-0.39, 0.29) is 12.5 Å². The van der Waals surface area contributed by atoms with Gasteiger partial charge in [0.1, 0.15) is 5.82 Å². The Bertz CT molecular complexity index is 310. The molecule has 0 heterocycles. The zero-order valence-electron chi connectivity index (χ0n) is 7.64. The van der Waals surface area contributed by atoms with Gasteiger partial charge in [0.25, 0.3) is 0 Å². The Morgan fingerprint density at radius 3 is 2.46 bits per heavy atom. The Hall–Kier alpha value is -0.600. The maximum absolute atomic E-state index is 13.2. The quantitative estimate of drug-likeness (QED) is 0.782. The lowest BCUT2D eigenvalue weighted by molar-refractivity contribution is 0.274. The molecule has 0 amide bonds.